The molecule has 251 valence electrons. The largest absolute Gasteiger partial charge is 0.700 e. The molecule has 8 unspecified atom stereocenters. The smallest absolute Gasteiger partial charge is 0.321 e. The molecule has 6 aliphatic rings. The number of fused-ring (bicyclic) bond motifs is 2. The predicted molar refractivity (Wildman–Crippen MR) is 199 cm³/mol. The molecule has 0 spiro atoms. The molecule has 3 nitrogen and oxygen atoms in total. The lowest BCUT2D eigenvalue weighted by molar-refractivity contribution is -0.320. The van der Waals surface area contributed by atoms with Gasteiger partial charge in [0.15, 0.2) is 11.4 Å². The Balaban J connectivity index is 1.46. The van der Waals surface area contributed by atoms with Gasteiger partial charge >= 0.3 is 7.55 Å². The van der Waals surface area contributed by atoms with E-state index in [2.05, 4.69) is 86.7 Å². The summed E-state index contributed by atoms with van der Waals surface area (Å²) in [5.41, 5.74) is 12.5. The minimum Gasteiger partial charge on any atom is -0.321 e. The van der Waals surface area contributed by atoms with Gasteiger partial charge in [-0.15, -0.1) is 0 Å². The number of nitrogens with zero attached hydrogens (tertiary/aromatic N) is 3. The van der Waals surface area contributed by atoms with Crippen molar-refractivity contribution >= 4 is 18.8 Å². The molecule has 48 heavy (non-hydrogen) atoms. The van der Waals surface area contributed by atoms with Crippen LogP contribution in [0.15, 0.2) is 53.2 Å². The first-order valence-corrected chi connectivity index (χ1v) is 20.2. The van der Waals surface area contributed by atoms with Gasteiger partial charge in [0.2, 0.25) is 0 Å². The normalized spacial score (nSPS) is 34.1. The fourth-order valence-corrected chi connectivity index (χ4v) is 11.5. The average Bonchev–Trinajstić information content (AvgIpc) is 3.64. The average molecular weight is 640 g/mol. The molecular weight excluding hydrogens is 581 g/mol. The molecule has 8 rings (SSSR count). The van der Waals surface area contributed by atoms with Crippen molar-refractivity contribution in [2.45, 2.75) is 142 Å². The number of benzene rings is 1. The Labute approximate surface area is 291 Å². The van der Waals surface area contributed by atoms with E-state index in [0.29, 0.717) is 47.3 Å². The third-order valence-electron chi connectivity index (χ3n) is 14.2. The van der Waals surface area contributed by atoms with E-state index in [9.17, 15) is 5.26 Å². The molecule has 1 aromatic carbocycles. The molecule has 4 aliphatic carbocycles. The van der Waals surface area contributed by atoms with Crippen LogP contribution in [-0.4, -0.2) is 22.2 Å². The van der Waals surface area contributed by atoms with Gasteiger partial charge in [-0.25, -0.2) is 0 Å². The van der Waals surface area contributed by atoms with Gasteiger partial charge in [-0.3, -0.25) is 4.49 Å². The maximum atomic E-state index is 11.3. The first-order chi connectivity index (χ1) is 23.5. The minimum absolute atomic E-state index is 0.431. The van der Waals surface area contributed by atoms with Gasteiger partial charge in [-0.2, -0.15) is 5.26 Å². The van der Waals surface area contributed by atoms with Gasteiger partial charge < -0.3 is 4.48 Å². The van der Waals surface area contributed by atoms with Crippen molar-refractivity contribution in [2.75, 3.05) is 0 Å². The zero-order valence-corrected chi connectivity index (χ0v) is 30.3. The zero-order chi connectivity index (χ0) is 32.9. The number of rotatable bonds is 5. The molecule has 0 bridgehead atoms. The van der Waals surface area contributed by atoms with E-state index < -0.39 is 0 Å². The Morgan fingerprint density at radius 2 is 1.19 bits per heavy atom. The Hall–Kier alpha value is -2.80. The van der Waals surface area contributed by atoms with E-state index in [4.69, 9.17) is 0 Å². The number of hydrogen-bond donors (Lipinski definition) is 0. The highest BCUT2D eigenvalue weighted by atomic mass is 15.1. The van der Waals surface area contributed by atoms with Gasteiger partial charge in [0.1, 0.15) is 11.6 Å². The molecule has 4 saturated carbocycles. The molecule has 1 aromatic heterocycles. The summed E-state index contributed by atoms with van der Waals surface area (Å²) in [5.74, 6) is 4.62. The predicted octanol–water partition coefficient (Wildman–Crippen LogP) is 11.2. The van der Waals surface area contributed by atoms with Crippen molar-refractivity contribution in [3.05, 3.63) is 75.8 Å². The highest BCUT2D eigenvalue weighted by Gasteiger charge is 2.53. The summed E-state index contributed by atoms with van der Waals surface area (Å²) < 4.78 is 5.35. The van der Waals surface area contributed by atoms with Gasteiger partial charge in [-0.05, 0) is 84.8 Å². The summed E-state index contributed by atoms with van der Waals surface area (Å²) in [6.45, 7) is 9.99. The van der Waals surface area contributed by atoms with Crippen molar-refractivity contribution in [2.24, 2.45) is 35.5 Å². The maximum absolute atomic E-state index is 11.3. The van der Waals surface area contributed by atoms with Crippen LogP contribution in [0.5, 0.6) is 0 Å². The third kappa shape index (κ3) is 5.42. The Bertz CT molecular complexity index is 1670. The molecule has 2 aliphatic heterocycles. The highest BCUT2D eigenvalue weighted by molar-refractivity contribution is 6.31. The van der Waals surface area contributed by atoms with E-state index in [1.807, 2.05) is 0 Å². The maximum Gasteiger partial charge on any atom is 0.700 e. The summed E-state index contributed by atoms with van der Waals surface area (Å²) in [6.07, 6.45) is 20.8. The van der Waals surface area contributed by atoms with Crippen LogP contribution in [0.3, 0.4) is 0 Å². The second kappa shape index (κ2) is 13.5. The van der Waals surface area contributed by atoms with Crippen LogP contribution in [0.2, 0.25) is 0 Å². The van der Waals surface area contributed by atoms with Crippen LogP contribution in [-0.2, 0) is 0 Å². The number of nitriles is 1. The number of allylic oxidation sites excluding steroid dienone is 2. The van der Waals surface area contributed by atoms with Crippen molar-refractivity contribution in [1.29, 1.82) is 5.26 Å². The van der Waals surface area contributed by atoms with E-state index in [1.165, 1.54) is 137 Å². The zero-order valence-electron chi connectivity index (χ0n) is 30.3. The SMILES string of the molecule is CC1CCCCC1C1=C(C#N)C(C2CCCCC2C)=[N+]2[B]n3c(C4CCCCC4C)cc(C4CCCCC4C)c3C(c3ccccc3)=C12. The van der Waals surface area contributed by atoms with Gasteiger partial charge in [0, 0.05) is 23.1 Å². The van der Waals surface area contributed by atoms with E-state index in [0.717, 1.165) is 5.57 Å². The van der Waals surface area contributed by atoms with Crippen LogP contribution in [0, 0.1) is 46.8 Å². The number of aromatic nitrogens is 1. The van der Waals surface area contributed by atoms with E-state index >= 15 is 0 Å². The standard InChI is InChI=1S/C44H58BN3/c1-28-16-8-12-22-33(28)37-26-39(34-23-13-9-17-29(34)2)47-43(37)40(32-20-6-5-7-21-32)44-41(35-24-14-10-18-30(35)3)38(27-46)42(48(44)45-47)36-25-15-11-19-31(36)4/h5-7,20-21,26,28-31,33-36H,8-19,22-25H2,1-4H3/q+1. The quantitative estimate of drug-likeness (QED) is 0.300. The molecule has 0 amide bonds. The van der Waals surface area contributed by atoms with Crippen LogP contribution in [0.4, 0.5) is 0 Å². The summed E-state index contributed by atoms with van der Waals surface area (Å²) in [7, 11) is 2.54. The molecule has 1 radical (unpaired) electrons. The van der Waals surface area contributed by atoms with Crippen LogP contribution < -0.4 is 0 Å². The lowest BCUT2D eigenvalue weighted by Gasteiger charge is -2.33. The van der Waals surface area contributed by atoms with Crippen LogP contribution >= 0.6 is 0 Å². The molecule has 4 heteroatoms. The first-order valence-electron chi connectivity index (χ1n) is 20.2. The lowest BCUT2D eigenvalue weighted by atomic mass is 9.71. The van der Waals surface area contributed by atoms with Gasteiger partial charge in [-0.1, -0.05) is 129 Å². The summed E-state index contributed by atoms with van der Waals surface area (Å²) in [4.78, 5) is 0. The van der Waals surface area contributed by atoms with E-state index in [-0.39, 0.29) is 0 Å². The molecule has 3 heterocycles. The second-order valence-electron chi connectivity index (χ2n) is 17.1. The van der Waals surface area contributed by atoms with Crippen molar-refractivity contribution < 1.29 is 4.49 Å². The van der Waals surface area contributed by atoms with Crippen LogP contribution in [0.1, 0.15) is 165 Å². The van der Waals surface area contributed by atoms with Gasteiger partial charge in [0.25, 0.3) is 0 Å². The van der Waals surface area contributed by atoms with E-state index in [1.54, 1.807) is 11.3 Å². The first kappa shape index (κ1) is 32.4. The highest BCUT2D eigenvalue weighted by Crippen LogP contribution is 2.53. The van der Waals surface area contributed by atoms with Gasteiger partial charge in [0.05, 0.1) is 11.3 Å². The fourth-order valence-electron chi connectivity index (χ4n) is 11.5. The monoisotopic (exact) mass is 639 g/mol. The third-order valence-corrected chi connectivity index (χ3v) is 14.2. The van der Waals surface area contributed by atoms with Crippen molar-refractivity contribution in [3.8, 4) is 6.07 Å². The molecular formula is C44H58BN3+. The Morgan fingerprint density at radius 1 is 0.667 bits per heavy atom. The topological polar surface area (TPSA) is 31.7 Å². The molecule has 0 N–H and O–H groups in total. The summed E-state index contributed by atoms with van der Waals surface area (Å²) in [5, 5.41) is 11.3. The Kier molecular flexibility index (Phi) is 9.11. The molecule has 4 fully saturated rings. The molecule has 8 atom stereocenters. The summed E-state index contributed by atoms with van der Waals surface area (Å²) >= 11 is 0. The van der Waals surface area contributed by atoms with Crippen LogP contribution in [0.25, 0.3) is 5.57 Å². The minimum atomic E-state index is 0.431. The van der Waals surface area contributed by atoms with Crippen molar-refractivity contribution in [1.82, 2.24) is 4.48 Å². The van der Waals surface area contributed by atoms with Crippen molar-refractivity contribution in [3.63, 3.8) is 0 Å². The second-order valence-corrected chi connectivity index (χ2v) is 17.1. The lowest BCUT2D eigenvalue weighted by Crippen LogP contribution is -2.39. The fraction of sp³-hybridized carbons (Fsp3) is 0.636. The number of hydrogen-bond acceptors (Lipinski definition) is 1. The Morgan fingerprint density at radius 3 is 1.75 bits per heavy atom. The molecule has 0 saturated heterocycles. The molecule has 2 aromatic rings. The summed E-state index contributed by atoms with van der Waals surface area (Å²) in [6, 6.07) is 17.1.